The molecule has 77 heavy (non-hydrogen) atoms. The number of hydrogen-bond donors (Lipinski definition) is 4. The molecule has 3 aromatic carbocycles. The number of hydrogen-bond acceptors (Lipinski definition) is 14. The SMILES string of the molecule is CC(C)(C)OC(=O)Nc1ccc(Cl)nc1NC(=O)c1ccc(CN(C(=O)OCc2cccnc2)N(C(=O)OC(C)(C)C)c2ccc(-c3ccccc3)nc2NC(=O)c2ccc(CNC(=O)OCc3cccnc3)cc2)cc1. The smallest absolute Gasteiger partial charge is 0.434 e. The van der Waals surface area contributed by atoms with E-state index in [0.717, 1.165) is 15.6 Å². The highest BCUT2D eigenvalue weighted by Gasteiger charge is 2.36. The Hall–Kier alpha value is -9.43. The molecular formula is C56H55ClN10O10. The van der Waals surface area contributed by atoms with Gasteiger partial charge in [-0.1, -0.05) is 78.3 Å². The molecule has 0 spiro atoms. The molecule has 0 fully saturated rings. The first kappa shape index (κ1) is 55.3. The maximum atomic E-state index is 14.8. The topological polar surface area (TPSA) is 246 Å². The number of hydrazine groups is 1. The Balaban J connectivity index is 1.20. The Labute approximate surface area is 449 Å². The number of pyridine rings is 4. The Morgan fingerprint density at radius 2 is 1.13 bits per heavy atom. The van der Waals surface area contributed by atoms with Crippen LogP contribution >= 0.6 is 11.6 Å². The molecule has 4 heterocycles. The monoisotopic (exact) mass is 1060 g/mol. The highest BCUT2D eigenvalue weighted by atomic mass is 35.5. The molecular weight excluding hydrogens is 1010 g/mol. The summed E-state index contributed by atoms with van der Waals surface area (Å²) in [7, 11) is 0. The van der Waals surface area contributed by atoms with Crippen LogP contribution in [-0.4, -0.2) is 72.3 Å². The average molecular weight is 1060 g/mol. The van der Waals surface area contributed by atoms with Crippen LogP contribution in [0.15, 0.2) is 152 Å². The predicted molar refractivity (Wildman–Crippen MR) is 288 cm³/mol. The number of aromatic nitrogens is 4. The molecule has 20 nitrogen and oxygen atoms in total. The van der Waals surface area contributed by atoms with Gasteiger partial charge in [0.05, 0.1) is 17.9 Å². The largest absolute Gasteiger partial charge is 0.445 e. The first-order chi connectivity index (χ1) is 36.8. The standard InChI is InChI=1S/C56H55ClN10O10/c1-55(2,3)76-52(71)62-44-25-27-46(57)63-47(44)64-49(68)42-22-18-37(19-23-42)33-66(53(72)75-35-39-13-11-29-59-31-39)67(54(73)77-56(4,5)6)45-26-24-43(40-14-8-7-9-15-40)61-48(45)65-50(69)41-20-16-36(17-21-41)32-60-51(70)74-34-38-12-10-28-58-30-38/h7-31H,32-35H2,1-6H3,(H,60,70)(H,62,71)(H,61,65,69)(H,63,64,68). The molecule has 0 saturated heterocycles. The molecule has 0 atom stereocenters. The van der Waals surface area contributed by atoms with Gasteiger partial charge >= 0.3 is 24.4 Å². The average Bonchev–Trinajstić information content (AvgIpc) is 3.40. The number of halogens is 1. The van der Waals surface area contributed by atoms with Gasteiger partial charge in [-0.05, 0) is 113 Å². The third kappa shape index (κ3) is 16.5. The summed E-state index contributed by atoms with van der Waals surface area (Å²) < 4.78 is 22.4. The minimum atomic E-state index is -1.11. The molecule has 6 amide bonds. The van der Waals surface area contributed by atoms with Gasteiger partial charge in [0.1, 0.15) is 35.3 Å². The van der Waals surface area contributed by atoms with Crippen molar-refractivity contribution < 1.29 is 47.7 Å². The fourth-order valence-corrected chi connectivity index (χ4v) is 7.15. The van der Waals surface area contributed by atoms with Gasteiger partial charge in [0, 0.05) is 59.1 Å². The lowest BCUT2D eigenvalue weighted by molar-refractivity contribution is 0.0396. The van der Waals surface area contributed by atoms with Crippen molar-refractivity contribution in [3.8, 4) is 11.3 Å². The Morgan fingerprint density at radius 1 is 0.545 bits per heavy atom. The maximum Gasteiger partial charge on any atom is 0.434 e. The minimum Gasteiger partial charge on any atom is -0.445 e. The van der Waals surface area contributed by atoms with Crippen molar-refractivity contribution >= 4 is 70.8 Å². The number of benzene rings is 3. The summed E-state index contributed by atoms with van der Waals surface area (Å²) in [6.45, 7) is 9.58. The van der Waals surface area contributed by atoms with E-state index >= 15 is 0 Å². The van der Waals surface area contributed by atoms with Crippen LogP contribution in [0.25, 0.3) is 11.3 Å². The Morgan fingerprint density at radius 3 is 1.71 bits per heavy atom. The van der Waals surface area contributed by atoms with Gasteiger partial charge in [-0.15, -0.1) is 0 Å². The van der Waals surface area contributed by atoms with E-state index in [-0.39, 0.29) is 65.6 Å². The van der Waals surface area contributed by atoms with E-state index in [4.69, 9.17) is 35.5 Å². The van der Waals surface area contributed by atoms with Crippen LogP contribution < -0.4 is 26.3 Å². The summed E-state index contributed by atoms with van der Waals surface area (Å²) in [5.74, 6) is -1.46. The number of nitrogens with one attached hydrogen (secondary N) is 4. The van der Waals surface area contributed by atoms with Crippen LogP contribution in [-0.2, 0) is 45.3 Å². The number of ether oxygens (including phenoxy) is 4. The molecule has 21 heteroatoms. The molecule has 0 aliphatic rings. The summed E-state index contributed by atoms with van der Waals surface area (Å²) in [4.78, 5) is 99.6. The van der Waals surface area contributed by atoms with E-state index in [1.165, 1.54) is 36.5 Å². The summed E-state index contributed by atoms with van der Waals surface area (Å²) >= 11 is 6.18. The number of amides is 6. The second-order valence-electron chi connectivity index (χ2n) is 18.9. The zero-order valence-electron chi connectivity index (χ0n) is 42.9. The lowest BCUT2D eigenvalue weighted by Gasteiger charge is -2.35. The molecule has 0 bridgehead atoms. The predicted octanol–water partition coefficient (Wildman–Crippen LogP) is 11.4. The molecule has 0 aliphatic carbocycles. The van der Waals surface area contributed by atoms with Crippen LogP contribution in [0, 0.1) is 0 Å². The van der Waals surface area contributed by atoms with Gasteiger partial charge in [-0.3, -0.25) is 24.9 Å². The highest BCUT2D eigenvalue weighted by Crippen LogP contribution is 2.33. The summed E-state index contributed by atoms with van der Waals surface area (Å²) in [5, 5.41) is 12.7. The van der Waals surface area contributed by atoms with Gasteiger partial charge in [0.25, 0.3) is 11.8 Å². The van der Waals surface area contributed by atoms with Crippen molar-refractivity contribution in [1.29, 1.82) is 0 Å². The van der Waals surface area contributed by atoms with E-state index in [1.54, 1.807) is 127 Å². The number of rotatable bonds is 15. The fourth-order valence-electron chi connectivity index (χ4n) is 7.01. The second-order valence-corrected chi connectivity index (χ2v) is 19.3. The summed E-state index contributed by atoms with van der Waals surface area (Å²) in [6.07, 6.45) is 2.81. The number of anilines is 4. The van der Waals surface area contributed by atoms with Crippen molar-refractivity contribution in [2.45, 2.75) is 79.0 Å². The van der Waals surface area contributed by atoms with E-state index in [9.17, 15) is 28.8 Å². The van der Waals surface area contributed by atoms with Crippen LogP contribution in [0.3, 0.4) is 0 Å². The zero-order valence-corrected chi connectivity index (χ0v) is 43.7. The van der Waals surface area contributed by atoms with Gasteiger partial charge in [0.15, 0.2) is 11.6 Å². The van der Waals surface area contributed by atoms with E-state index in [2.05, 4.69) is 36.2 Å². The normalized spacial score (nSPS) is 11.1. The molecule has 0 radical (unpaired) electrons. The lowest BCUT2D eigenvalue weighted by atomic mass is 10.1. The quantitative estimate of drug-likeness (QED) is 0.0424. The third-order valence-electron chi connectivity index (χ3n) is 10.5. The highest BCUT2D eigenvalue weighted by molar-refractivity contribution is 6.29. The van der Waals surface area contributed by atoms with E-state index < -0.39 is 47.4 Å². The fraction of sp³-hybridized carbons (Fsp3) is 0.214. The van der Waals surface area contributed by atoms with Crippen molar-refractivity contribution in [2.24, 2.45) is 0 Å². The van der Waals surface area contributed by atoms with Crippen LogP contribution in [0.1, 0.15) is 84.5 Å². The first-order valence-electron chi connectivity index (χ1n) is 24.0. The van der Waals surface area contributed by atoms with Crippen molar-refractivity contribution in [1.82, 2.24) is 30.3 Å². The van der Waals surface area contributed by atoms with Crippen molar-refractivity contribution in [3.63, 3.8) is 0 Å². The van der Waals surface area contributed by atoms with Crippen molar-refractivity contribution in [2.75, 3.05) is 21.0 Å². The summed E-state index contributed by atoms with van der Waals surface area (Å²) in [6, 6.07) is 34.5. The van der Waals surface area contributed by atoms with Gasteiger partial charge in [0.2, 0.25) is 0 Å². The zero-order chi connectivity index (χ0) is 55.1. The number of carbonyl (C=O) groups is 6. The Kier molecular flexibility index (Phi) is 18.1. The van der Waals surface area contributed by atoms with Gasteiger partial charge in [-0.25, -0.2) is 34.2 Å². The van der Waals surface area contributed by atoms with Crippen LogP contribution in [0.4, 0.5) is 42.2 Å². The molecule has 7 aromatic rings. The first-order valence-corrected chi connectivity index (χ1v) is 24.3. The minimum absolute atomic E-state index is 0.0362. The van der Waals surface area contributed by atoms with Crippen LogP contribution in [0.2, 0.25) is 5.15 Å². The molecule has 0 saturated carbocycles. The maximum absolute atomic E-state index is 14.8. The van der Waals surface area contributed by atoms with Gasteiger partial charge < -0.3 is 34.9 Å². The van der Waals surface area contributed by atoms with Crippen molar-refractivity contribution in [3.05, 3.63) is 191 Å². The van der Waals surface area contributed by atoms with Gasteiger partial charge in [-0.2, -0.15) is 5.01 Å². The molecule has 4 N–H and O–H groups in total. The van der Waals surface area contributed by atoms with Crippen LogP contribution in [0.5, 0.6) is 0 Å². The lowest BCUT2D eigenvalue weighted by Crippen LogP contribution is -2.51. The number of alkyl carbamates (subject to hydrolysis) is 1. The summed E-state index contributed by atoms with van der Waals surface area (Å²) in [5.41, 5.74) is 1.87. The van der Waals surface area contributed by atoms with E-state index in [1.807, 2.05) is 30.3 Å². The third-order valence-corrected chi connectivity index (χ3v) is 10.7. The number of carbonyl (C=O) groups excluding carboxylic acids is 6. The number of nitrogens with zero attached hydrogens (tertiary/aromatic N) is 6. The molecule has 396 valence electrons. The molecule has 7 rings (SSSR count). The molecule has 4 aromatic heterocycles. The Bertz CT molecular complexity index is 3200. The van der Waals surface area contributed by atoms with E-state index in [0.29, 0.717) is 27.9 Å². The molecule has 0 aliphatic heterocycles. The molecule has 0 unspecified atom stereocenters. The second kappa shape index (κ2) is 25.2.